The second-order valence-electron chi connectivity index (χ2n) is 6.92. The first kappa shape index (κ1) is 16.3. The standard InChI is InChI=1S/C14H22N4OS2/c1-13(2,3)10-9(21-17-16-10)11(19)18-7-5-14(4,6-8-18)12(15)20/h5-8H2,1-4H3,(H2,15,20). The number of nitrogens with zero attached hydrogens (tertiary/aromatic N) is 3. The molecule has 0 aromatic carbocycles. The van der Waals surface area contributed by atoms with E-state index in [0.717, 1.165) is 18.5 Å². The quantitative estimate of drug-likeness (QED) is 0.845. The number of hydrogen-bond donors (Lipinski definition) is 1. The van der Waals surface area contributed by atoms with Crippen LogP contribution in [0.1, 0.15) is 55.9 Å². The highest BCUT2D eigenvalue weighted by atomic mass is 32.1. The average Bonchev–Trinajstić information content (AvgIpc) is 2.87. The minimum absolute atomic E-state index is 0.0277. The molecule has 1 saturated heterocycles. The molecule has 5 nitrogen and oxygen atoms in total. The van der Waals surface area contributed by atoms with E-state index in [2.05, 4.69) is 16.5 Å². The highest BCUT2D eigenvalue weighted by molar-refractivity contribution is 7.80. The molecule has 2 heterocycles. The number of likely N-dealkylation sites (tertiary alicyclic amines) is 1. The van der Waals surface area contributed by atoms with E-state index in [1.165, 1.54) is 11.5 Å². The molecule has 116 valence electrons. The third kappa shape index (κ3) is 3.23. The maximum atomic E-state index is 12.7. The number of aromatic nitrogens is 2. The second-order valence-corrected chi connectivity index (χ2v) is 8.11. The summed E-state index contributed by atoms with van der Waals surface area (Å²) in [6.45, 7) is 9.55. The summed E-state index contributed by atoms with van der Waals surface area (Å²) in [6, 6.07) is 0. The Bertz CT molecular complexity index is 554. The number of rotatable bonds is 2. The lowest BCUT2D eigenvalue weighted by Crippen LogP contribution is -2.46. The van der Waals surface area contributed by atoms with Gasteiger partial charge in [-0.1, -0.05) is 44.4 Å². The van der Waals surface area contributed by atoms with Crippen LogP contribution in [0.5, 0.6) is 0 Å². The molecule has 0 unspecified atom stereocenters. The zero-order chi connectivity index (χ0) is 15.8. The number of piperidine rings is 1. The van der Waals surface area contributed by atoms with Crippen molar-refractivity contribution in [3.8, 4) is 0 Å². The third-order valence-electron chi connectivity index (χ3n) is 4.14. The average molecular weight is 326 g/mol. The number of carbonyl (C=O) groups is 1. The van der Waals surface area contributed by atoms with Gasteiger partial charge in [0.2, 0.25) is 0 Å². The summed E-state index contributed by atoms with van der Waals surface area (Å²) in [5, 5.41) is 4.14. The van der Waals surface area contributed by atoms with Crippen LogP contribution in [-0.2, 0) is 5.41 Å². The fourth-order valence-corrected chi connectivity index (χ4v) is 3.46. The van der Waals surface area contributed by atoms with E-state index in [1.54, 1.807) is 0 Å². The molecule has 2 rings (SSSR count). The first-order valence-electron chi connectivity index (χ1n) is 7.07. The fourth-order valence-electron chi connectivity index (χ4n) is 2.41. The van der Waals surface area contributed by atoms with Crippen LogP contribution < -0.4 is 5.73 Å². The summed E-state index contributed by atoms with van der Waals surface area (Å²) in [7, 11) is 0. The predicted octanol–water partition coefficient (Wildman–Crippen LogP) is 2.36. The van der Waals surface area contributed by atoms with Crippen molar-refractivity contribution in [2.45, 2.75) is 46.0 Å². The highest BCUT2D eigenvalue weighted by Gasteiger charge is 2.36. The summed E-state index contributed by atoms with van der Waals surface area (Å²) in [4.78, 5) is 15.8. The highest BCUT2D eigenvalue weighted by Crippen LogP contribution is 2.33. The summed E-state index contributed by atoms with van der Waals surface area (Å²) in [6.07, 6.45) is 1.62. The minimum atomic E-state index is -0.179. The van der Waals surface area contributed by atoms with Gasteiger partial charge in [-0.05, 0) is 24.4 Å². The van der Waals surface area contributed by atoms with Crippen molar-refractivity contribution in [2.75, 3.05) is 13.1 Å². The molecular weight excluding hydrogens is 304 g/mol. The molecule has 1 aliphatic rings. The largest absolute Gasteiger partial charge is 0.393 e. The van der Waals surface area contributed by atoms with Gasteiger partial charge in [0.25, 0.3) is 5.91 Å². The lowest BCUT2D eigenvalue weighted by molar-refractivity contribution is 0.0672. The van der Waals surface area contributed by atoms with Crippen molar-refractivity contribution in [2.24, 2.45) is 11.1 Å². The van der Waals surface area contributed by atoms with Crippen LogP contribution in [0.15, 0.2) is 0 Å². The molecule has 0 aliphatic carbocycles. The molecule has 2 N–H and O–H groups in total. The van der Waals surface area contributed by atoms with Gasteiger partial charge in [0.05, 0.1) is 10.7 Å². The molecule has 1 aromatic heterocycles. The molecule has 7 heteroatoms. The van der Waals surface area contributed by atoms with Gasteiger partial charge in [-0.2, -0.15) is 0 Å². The first-order chi connectivity index (χ1) is 9.65. The minimum Gasteiger partial charge on any atom is -0.393 e. The fraction of sp³-hybridized carbons (Fsp3) is 0.714. The molecule has 1 amide bonds. The van der Waals surface area contributed by atoms with Crippen molar-refractivity contribution in [1.82, 2.24) is 14.5 Å². The molecular formula is C14H22N4OS2. The van der Waals surface area contributed by atoms with Crippen molar-refractivity contribution < 1.29 is 4.79 Å². The van der Waals surface area contributed by atoms with Crippen LogP contribution in [0, 0.1) is 5.41 Å². The Morgan fingerprint density at radius 2 is 1.95 bits per heavy atom. The van der Waals surface area contributed by atoms with Gasteiger partial charge in [0.15, 0.2) is 0 Å². The van der Waals surface area contributed by atoms with Crippen LogP contribution in [0.2, 0.25) is 0 Å². The molecule has 0 spiro atoms. The number of carbonyl (C=O) groups excluding carboxylic acids is 1. The Morgan fingerprint density at radius 3 is 2.43 bits per heavy atom. The molecule has 1 aliphatic heterocycles. The second kappa shape index (κ2) is 5.61. The lowest BCUT2D eigenvalue weighted by atomic mass is 9.80. The summed E-state index contributed by atoms with van der Waals surface area (Å²) in [5.74, 6) is 0.0277. The maximum Gasteiger partial charge on any atom is 0.267 e. The van der Waals surface area contributed by atoms with Crippen LogP contribution >= 0.6 is 23.8 Å². The van der Waals surface area contributed by atoms with Crippen LogP contribution in [0.4, 0.5) is 0 Å². The number of thiocarbonyl (C=S) groups is 1. The zero-order valence-electron chi connectivity index (χ0n) is 13.0. The third-order valence-corrected chi connectivity index (χ3v) is 5.35. The first-order valence-corrected chi connectivity index (χ1v) is 8.25. The monoisotopic (exact) mass is 326 g/mol. The van der Waals surface area contributed by atoms with Gasteiger partial charge in [-0.3, -0.25) is 4.79 Å². The van der Waals surface area contributed by atoms with E-state index in [9.17, 15) is 4.79 Å². The molecule has 1 fully saturated rings. The molecule has 21 heavy (non-hydrogen) atoms. The van der Waals surface area contributed by atoms with Gasteiger partial charge in [-0.15, -0.1) is 5.10 Å². The van der Waals surface area contributed by atoms with Crippen LogP contribution in [0.3, 0.4) is 0 Å². The van der Waals surface area contributed by atoms with E-state index in [-0.39, 0.29) is 16.7 Å². The summed E-state index contributed by atoms with van der Waals surface area (Å²) < 4.78 is 3.96. The van der Waals surface area contributed by atoms with Crippen LogP contribution in [0.25, 0.3) is 0 Å². The predicted molar refractivity (Wildman–Crippen MR) is 88.6 cm³/mol. The zero-order valence-corrected chi connectivity index (χ0v) is 14.6. The van der Waals surface area contributed by atoms with Gasteiger partial charge in [0.1, 0.15) is 4.88 Å². The number of amides is 1. The van der Waals surface area contributed by atoms with Gasteiger partial charge < -0.3 is 10.6 Å². The van der Waals surface area contributed by atoms with E-state index in [4.69, 9.17) is 18.0 Å². The van der Waals surface area contributed by atoms with E-state index < -0.39 is 0 Å². The Kier molecular flexibility index (Phi) is 4.35. The lowest BCUT2D eigenvalue weighted by Gasteiger charge is -2.38. The SMILES string of the molecule is CC1(C(N)=S)CCN(C(=O)c2snnc2C(C)(C)C)CC1. The van der Waals surface area contributed by atoms with Gasteiger partial charge >= 0.3 is 0 Å². The van der Waals surface area contributed by atoms with Crippen molar-refractivity contribution >= 4 is 34.6 Å². The summed E-state index contributed by atoms with van der Waals surface area (Å²) in [5.41, 5.74) is 6.27. The van der Waals surface area contributed by atoms with Crippen molar-refractivity contribution in [3.63, 3.8) is 0 Å². The molecule has 0 radical (unpaired) electrons. The number of nitrogens with two attached hydrogens (primary N) is 1. The Balaban J connectivity index is 2.13. The summed E-state index contributed by atoms with van der Waals surface area (Å²) >= 11 is 6.32. The Morgan fingerprint density at radius 1 is 1.38 bits per heavy atom. The molecule has 0 bridgehead atoms. The molecule has 0 saturated carbocycles. The van der Waals surface area contributed by atoms with E-state index in [1.807, 2.05) is 25.7 Å². The maximum absolute atomic E-state index is 12.7. The van der Waals surface area contributed by atoms with Crippen LogP contribution in [-0.4, -0.2) is 38.5 Å². The van der Waals surface area contributed by atoms with Crippen molar-refractivity contribution in [3.05, 3.63) is 10.6 Å². The smallest absolute Gasteiger partial charge is 0.267 e. The van der Waals surface area contributed by atoms with Crippen molar-refractivity contribution in [1.29, 1.82) is 0 Å². The normalized spacial score (nSPS) is 18.6. The van der Waals surface area contributed by atoms with Gasteiger partial charge in [0, 0.05) is 23.9 Å². The van der Waals surface area contributed by atoms with E-state index in [0.29, 0.717) is 23.0 Å². The Hall–Kier alpha value is -1.08. The molecule has 1 aromatic rings. The number of hydrogen-bond acceptors (Lipinski definition) is 5. The van der Waals surface area contributed by atoms with Gasteiger partial charge in [-0.25, -0.2) is 0 Å². The topological polar surface area (TPSA) is 72.1 Å². The molecule has 0 atom stereocenters. The Labute approximate surface area is 135 Å². The van der Waals surface area contributed by atoms with E-state index >= 15 is 0 Å².